The molecular formula is C13H15BrN2O. The maximum atomic E-state index is 5.64. The fourth-order valence-electron chi connectivity index (χ4n) is 1.83. The number of furan rings is 1. The Morgan fingerprint density at radius 3 is 2.88 bits per heavy atom. The Bertz CT molecular complexity index is 482. The normalized spacial score (nSPS) is 12.6. The van der Waals surface area contributed by atoms with Crippen molar-refractivity contribution in [2.24, 2.45) is 5.84 Å². The molecule has 3 nitrogen and oxygen atoms in total. The number of nitrogens with two attached hydrogens (primary N) is 1. The van der Waals surface area contributed by atoms with E-state index in [1.807, 2.05) is 12.1 Å². The molecule has 0 amide bonds. The smallest absolute Gasteiger partial charge is 0.0935 e. The van der Waals surface area contributed by atoms with Crippen LogP contribution in [0.3, 0.4) is 0 Å². The summed E-state index contributed by atoms with van der Waals surface area (Å²) in [5.41, 5.74) is 6.36. The summed E-state index contributed by atoms with van der Waals surface area (Å²) in [7, 11) is 0. The minimum atomic E-state index is 0.0712. The molecule has 0 saturated heterocycles. The average molecular weight is 295 g/mol. The molecule has 1 heterocycles. The molecule has 1 aromatic heterocycles. The zero-order chi connectivity index (χ0) is 12.3. The molecule has 0 saturated carbocycles. The molecule has 0 radical (unpaired) electrons. The highest BCUT2D eigenvalue weighted by Crippen LogP contribution is 2.26. The second kappa shape index (κ2) is 5.49. The van der Waals surface area contributed by atoms with Crippen LogP contribution in [0.2, 0.25) is 0 Å². The lowest BCUT2D eigenvalue weighted by atomic mass is 9.99. The van der Waals surface area contributed by atoms with Crippen LogP contribution in [0.4, 0.5) is 0 Å². The third-order valence-electron chi connectivity index (χ3n) is 2.75. The number of hydrogen-bond acceptors (Lipinski definition) is 3. The van der Waals surface area contributed by atoms with E-state index in [9.17, 15) is 0 Å². The van der Waals surface area contributed by atoms with Crippen LogP contribution in [-0.4, -0.2) is 0 Å². The lowest BCUT2D eigenvalue weighted by Crippen LogP contribution is -2.29. The molecule has 0 fully saturated rings. The van der Waals surface area contributed by atoms with Crippen LogP contribution in [-0.2, 0) is 6.42 Å². The molecule has 0 aliphatic heterocycles. The van der Waals surface area contributed by atoms with E-state index in [1.165, 1.54) is 5.56 Å². The molecular weight excluding hydrogens is 280 g/mol. The molecule has 0 aliphatic rings. The topological polar surface area (TPSA) is 51.2 Å². The number of hydrazine groups is 1. The fourth-order valence-corrected chi connectivity index (χ4v) is 2.36. The van der Waals surface area contributed by atoms with Gasteiger partial charge in [0.1, 0.15) is 0 Å². The molecule has 2 rings (SSSR count). The predicted molar refractivity (Wildman–Crippen MR) is 71.4 cm³/mol. The molecule has 3 N–H and O–H groups in total. The van der Waals surface area contributed by atoms with Gasteiger partial charge in [-0.05, 0) is 36.6 Å². The molecule has 2 aromatic rings. The summed E-state index contributed by atoms with van der Waals surface area (Å²) in [5.74, 6) is 5.64. The SMILES string of the molecule is Cc1ccc(Br)c(C(Cc2ccoc2)NN)c1. The van der Waals surface area contributed by atoms with Crippen molar-refractivity contribution in [2.75, 3.05) is 0 Å². The minimum Gasteiger partial charge on any atom is -0.472 e. The molecule has 1 aromatic carbocycles. The van der Waals surface area contributed by atoms with Gasteiger partial charge in [0.15, 0.2) is 0 Å². The fraction of sp³-hybridized carbons (Fsp3) is 0.231. The van der Waals surface area contributed by atoms with E-state index in [-0.39, 0.29) is 6.04 Å². The van der Waals surface area contributed by atoms with Crippen LogP contribution >= 0.6 is 15.9 Å². The Labute approximate surface area is 109 Å². The molecule has 1 unspecified atom stereocenters. The van der Waals surface area contributed by atoms with Crippen LogP contribution in [0.5, 0.6) is 0 Å². The highest BCUT2D eigenvalue weighted by Gasteiger charge is 2.14. The lowest BCUT2D eigenvalue weighted by Gasteiger charge is -2.17. The third kappa shape index (κ3) is 2.97. The summed E-state index contributed by atoms with van der Waals surface area (Å²) >= 11 is 3.56. The second-order valence-corrected chi connectivity index (χ2v) is 4.93. The highest BCUT2D eigenvalue weighted by atomic mass is 79.9. The van der Waals surface area contributed by atoms with Crippen molar-refractivity contribution in [1.29, 1.82) is 0 Å². The zero-order valence-corrected chi connectivity index (χ0v) is 11.2. The predicted octanol–water partition coefficient (Wildman–Crippen LogP) is 3.10. The Hall–Kier alpha value is -1.10. The van der Waals surface area contributed by atoms with E-state index in [4.69, 9.17) is 10.3 Å². The first-order valence-corrected chi connectivity index (χ1v) is 6.23. The minimum absolute atomic E-state index is 0.0712. The van der Waals surface area contributed by atoms with E-state index >= 15 is 0 Å². The van der Waals surface area contributed by atoms with E-state index in [1.54, 1.807) is 12.5 Å². The quantitative estimate of drug-likeness (QED) is 0.673. The van der Waals surface area contributed by atoms with Crippen LogP contribution in [0.1, 0.15) is 22.7 Å². The summed E-state index contributed by atoms with van der Waals surface area (Å²) in [6, 6.07) is 8.27. The molecule has 0 spiro atoms. The molecule has 0 bridgehead atoms. The Kier molecular flexibility index (Phi) is 3.99. The highest BCUT2D eigenvalue weighted by molar-refractivity contribution is 9.10. The van der Waals surface area contributed by atoms with Gasteiger partial charge >= 0.3 is 0 Å². The van der Waals surface area contributed by atoms with Gasteiger partial charge in [0, 0.05) is 4.47 Å². The van der Waals surface area contributed by atoms with Gasteiger partial charge in [0.25, 0.3) is 0 Å². The first kappa shape index (κ1) is 12.4. The van der Waals surface area contributed by atoms with Gasteiger partial charge in [-0.1, -0.05) is 33.6 Å². The van der Waals surface area contributed by atoms with E-state index < -0.39 is 0 Å². The van der Waals surface area contributed by atoms with Crippen molar-refractivity contribution in [3.05, 3.63) is 58.0 Å². The number of hydrogen-bond donors (Lipinski definition) is 2. The summed E-state index contributed by atoms with van der Waals surface area (Å²) in [6.45, 7) is 2.07. The Morgan fingerprint density at radius 1 is 1.41 bits per heavy atom. The van der Waals surface area contributed by atoms with E-state index in [0.29, 0.717) is 0 Å². The molecule has 1 atom stereocenters. The number of aryl methyl sites for hydroxylation is 1. The van der Waals surface area contributed by atoms with Crippen LogP contribution in [0, 0.1) is 6.92 Å². The summed E-state index contributed by atoms with van der Waals surface area (Å²) < 4.78 is 6.13. The van der Waals surface area contributed by atoms with Crippen molar-refractivity contribution in [3.8, 4) is 0 Å². The monoisotopic (exact) mass is 294 g/mol. The second-order valence-electron chi connectivity index (χ2n) is 4.08. The largest absolute Gasteiger partial charge is 0.472 e. The van der Waals surface area contributed by atoms with Crippen molar-refractivity contribution < 1.29 is 4.42 Å². The van der Waals surface area contributed by atoms with Crippen LogP contribution in [0.25, 0.3) is 0 Å². The van der Waals surface area contributed by atoms with Gasteiger partial charge in [0.05, 0.1) is 18.6 Å². The zero-order valence-electron chi connectivity index (χ0n) is 9.61. The van der Waals surface area contributed by atoms with Gasteiger partial charge in [-0.25, -0.2) is 0 Å². The summed E-state index contributed by atoms with van der Waals surface area (Å²) in [4.78, 5) is 0. The molecule has 0 aliphatic carbocycles. The van der Waals surface area contributed by atoms with Gasteiger partial charge in [-0.2, -0.15) is 0 Å². The Balaban J connectivity index is 2.25. The van der Waals surface area contributed by atoms with Crippen LogP contribution in [0.15, 0.2) is 45.7 Å². The summed E-state index contributed by atoms with van der Waals surface area (Å²) in [5, 5.41) is 0. The molecule has 17 heavy (non-hydrogen) atoms. The molecule has 90 valence electrons. The Morgan fingerprint density at radius 2 is 2.24 bits per heavy atom. The van der Waals surface area contributed by atoms with Crippen molar-refractivity contribution in [3.63, 3.8) is 0 Å². The number of benzene rings is 1. The van der Waals surface area contributed by atoms with Crippen molar-refractivity contribution >= 4 is 15.9 Å². The standard InChI is InChI=1S/C13H15BrN2O/c1-9-2-3-12(14)11(6-9)13(16-15)7-10-4-5-17-8-10/h2-6,8,13,16H,7,15H2,1H3. The first-order valence-electron chi connectivity index (χ1n) is 5.44. The van der Waals surface area contributed by atoms with E-state index in [2.05, 4.69) is 40.4 Å². The van der Waals surface area contributed by atoms with Gasteiger partial charge in [-0.15, -0.1) is 0 Å². The number of halogens is 1. The van der Waals surface area contributed by atoms with Crippen molar-refractivity contribution in [1.82, 2.24) is 5.43 Å². The van der Waals surface area contributed by atoms with Gasteiger partial charge in [0.2, 0.25) is 0 Å². The number of rotatable bonds is 4. The summed E-state index contributed by atoms with van der Waals surface area (Å²) in [6.07, 6.45) is 4.22. The average Bonchev–Trinajstić information content (AvgIpc) is 2.82. The maximum absolute atomic E-state index is 5.64. The third-order valence-corrected chi connectivity index (χ3v) is 3.47. The lowest BCUT2D eigenvalue weighted by molar-refractivity contribution is 0.534. The van der Waals surface area contributed by atoms with Crippen LogP contribution < -0.4 is 11.3 Å². The van der Waals surface area contributed by atoms with Gasteiger partial charge < -0.3 is 4.42 Å². The first-order chi connectivity index (χ1) is 8.20. The van der Waals surface area contributed by atoms with Gasteiger partial charge in [-0.3, -0.25) is 11.3 Å². The van der Waals surface area contributed by atoms with E-state index in [0.717, 1.165) is 22.0 Å². The maximum Gasteiger partial charge on any atom is 0.0935 e. The molecule has 4 heteroatoms. The number of nitrogens with one attached hydrogen (secondary N) is 1. The van der Waals surface area contributed by atoms with Crippen molar-refractivity contribution in [2.45, 2.75) is 19.4 Å².